The maximum atomic E-state index is 13.0. The molecular formula is C23H28N4OS2. The predicted molar refractivity (Wildman–Crippen MR) is 127 cm³/mol. The zero-order valence-electron chi connectivity index (χ0n) is 18.0. The highest BCUT2D eigenvalue weighted by atomic mass is 32.2. The van der Waals surface area contributed by atoms with Crippen molar-refractivity contribution in [3.05, 3.63) is 46.6 Å². The molecule has 30 heavy (non-hydrogen) atoms. The summed E-state index contributed by atoms with van der Waals surface area (Å²) in [5, 5.41) is 1.18. The maximum Gasteiger partial charge on any atom is 0.225 e. The topological polar surface area (TPSA) is 49.3 Å². The van der Waals surface area contributed by atoms with Gasteiger partial charge in [-0.3, -0.25) is 4.79 Å². The molecule has 7 heteroatoms. The predicted octanol–water partition coefficient (Wildman–Crippen LogP) is 4.91. The van der Waals surface area contributed by atoms with Crippen LogP contribution < -0.4 is 4.90 Å². The average Bonchev–Trinajstić information content (AvgIpc) is 3.07. The second-order valence-corrected chi connectivity index (χ2v) is 10.0. The Morgan fingerprint density at radius 3 is 2.57 bits per heavy atom. The quantitative estimate of drug-likeness (QED) is 0.528. The molecule has 3 aromatic rings. The largest absolute Gasteiger partial charge is 0.356 e. The van der Waals surface area contributed by atoms with Crippen LogP contribution in [0.5, 0.6) is 0 Å². The van der Waals surface area contributed by atoms with E-state index in [2.05, 4.69) is 59.2 Å². The number of carbonyl (C=O) groups is 1. The highest BCUT2D eigenvalue weighted by Crippen LogP contribution is 2.35. The van der Waals surface area contributed by atoms with E-state index < -0.39 is 0 Å². The lowest BCUT2D eigenvalue weighted by Gasteiger charge is -2.34. The van der Waals surface area contributed by atoms with Crippen molar-refractivity contribution in [2.24, 2.45) is 5.92 Å². The fourth-order valence-electron chi connectivity index (χ4n) is 4.14. The van der Waals surface area contributed by atoms with Gasteiger partial charge in [-0.15, -0.1) is 23.1 Å². The molecule has 0 radical (unpaired) electrons. The number of piperidine rings is 1. The highest BCUT2D eigenvalue weighted by molar-refractivity contribution is 7.98. The molecule has 1 aromatic carbocycles. The van der Waals surface area contributed by atoms with Crippen LogP contribution in [-0.4, -0.2) is 47.2 Å². The van der Waals surface area contributed by atoms with E-state index in [4.69, 9.17) is 0 Å². The van der Waals surface area contributed by atoms with Gasteiger partial charge < -0.3 is 9.80 Å². The molecular weight excluding hydrogens is 412 g/mol. The first-order valence-electron chi connectivity index (χ1n) is 10.3. The fourth-order valence-corrected chi connectivity index (χ4v) is 5.54. The van der Waals surface area contributed by atoms with Crippen LogP contribution in [0.3, 0.4) is 0 Å². The number of thioether (sulfide) groups is 1. The molecule has 5 nitrogen and oxygen atoms in total. The number of thiophene rings is 1. The van der Waals surface area contributed by atoms with Gasteiger partial charge in [0.2, 0.25) is 5.91 Å². The summed E-state index contributed by atoms with van der Waals surface area (Å²) < 4.78 is 0. The lowest BCUT2D eigenvalue weighted by Crippen LogP contribution is -2.41. The Morgan fingerprint density at radius 2 is 1.90 bits per heavy atom. The van der Waals surface area contributed by atoms with E-state index in [1.165, 1.54) is 26.3 Å². The molecule has 0 unspecified atom stereocenters. The zero-order valence-corrected chi connectivity index (χ0v) is 19.6. The molecule has 0 bridgehead atoms. The Balaban J connectivity index is 1.40. The highest BCUT2D eigenvalue weighted by Gasteiger charge is 2.29. The Kier molecular flexibility index (Phi) is 6.29. The molecule has 0 atom stereocenters. The van der Waals surface area contributed by atoms with Crippen molar-refractivity contribution >= 4 is 45.0 Å². The normalized spacial score (nSPS) is 15.0. The van der Waals surface area contributed by atoms with Gasteiger partial charge in [-0.2, -0.15) is 0 Å². The van der Waals surface area contributed by atoms with Crippen LogP contribution in [0.1, 0.15) is 28.8 Å². The van der Waals surface area contributed by atoms with Crippen molar-refractivity contribution in [1.82, 2.24) is 14.9 Å². The summed E-state index contributed by atoms with van der Waals surface area (Å²) in [6.45, 7) is 6.66. The van der Waals surface area contributed by atoms with Crippen LogP contribution >= 0.6 is 23.1 Å². The molecule has 1 fully saturated rings. The molecule has 2 aromatic heterocycles. The van der Waals surface area contributed by atoms with Crippen LogP contribution in [-0.2, 0) is 11.3 Å². The van der Waals surface area contributed by atoms with Crippen LogP contribution in [0.2, 0.25) is 0 Å². The first-order valence-corrected chi connectivity index (χ1v) is 12.4. The van der Waals surface area contributed by atoms with Crippen LogP contribution in [0, 0.1) is 19.8 Å². The maximum absolute atomic E-state index is 13.0. The van der Waals surface area contributed by atoms with E-state index in [0.717, 1.165) is 36.6 Å². The minimum atomic E-state index is 0.0827. The summed E-state index contributed by atoms with van der Waals surface area (Å²) in [7, 11) is 1.92. The number of anilines is 1. The van der Waals surface area contributed by atoms with Crippen LogP contribution in [0.15, 0.2) is 35.5 Å². The lowest BCUT2D eigenvalue weighted by molar-refractivity contribution is -0.135. The summed E-state index contributed by atoms with van der Waals surface area (Å²) in [5.41, 5.74) is 2.45. The first-order chi connectivity index (χ1) is 14.5. The second kappa shape index (κ2) is 8.94. The smallest absolute Gasteiger partial charge is 0.225 e. The number of rotatable bonds is 5. The summed E-state index contributed by atoms with van der Waals surface area (Å²) in [4.78, 5) is 29.9. The number of benzene rings is 1. The number of fused-ring (bicyclic) bond motifs is 1. The van der Waals surface area contributed by atoms with Gasteiger partial charge in [-0.25, -0.2) is 9.97 Å². The fraction of sp³-hybridized carbons (Fsp3) is 0.435. The SMILES string of the molecule is CSc1ccc(CN(C)C(=O)C2CCN(c3ncnc4sc(C)c(C)c34)CC2)cc1. The van der Waals surface area contributed by atoms with Crippen molar-refractivity contribution in [2.45, 2.75) is 38.1 Å². The zero-order chi connectivity index (χ0) is 21.3. The third-order valence-corrected chi connectivity index (χ3v) is 7.90. The number of amides is 1. The van der Waals surface area contributed by atoms with Gasteiger partial charge in [0.15, 0.2) is 0 Å². The van der Waals surface area contributed by atoms with Crippen molar-refractivity contribution in [3.63, 3.8) is 0 Å². The first kappa shape index (κ1) is 21.1. The molecule has 0 spiro atoms. The molecule has 1 aliphatic rings. The summed E-state index contributed by atoms with van der Waals surface area (Å²) in [5.74, 6) is 1.35. The van der Waals surface area contributed by atoms with Gasteiger partial charge in [-0.05, 0) is 56.2 Å². The molecule has 0 saturated carbocycles. The van der Waals surface area contributed by atoms with Gasteiger partial charge in [-0.1, -0.05) is 12.1 Å². The van der Waals surface area contributed by atoms with Gasteiger partial charge >= 0.3 is 0 Å². The number of aryl methyl sites for hydroxylation is 2. The second-order valence-electron chi connectivity index (χ2n) is 7.96. The Bertz CT molecular complexity index is 1040. The van der Waals surface area contributed by atoms with Crippen molar-refractivity contribution in [1.29, 1.82) is 0 Å². The molecule has 4 rings (SSSR count). The molecule has 1 aliphatic heterocycles. The van der Waals surface area contributed by atoms with E-state index in [1.807, 2.05) is 11.9 Å². The third kappa shape index (κ3) is 4.18. The van der Waals surface area contributed by atoms with Gasteiger partial charge in [0, 0.05) is 42.4 Å². The number of hydrogen-bond donors (Lipinski definition) is 0. The Hall–Kier alpha value is -2.12. The minimum absolute atomic E-state index is 0.0827. The number of hydrogen-bond acceptors (Lipinski definition) is 6. The molecule has 3 heterocycles. The van der Waals surface area contributed by atoms with E-state index >= 15 is 0 Å². The van der Waals surface area contributed by atoms with Crippen molar-refractivity contribution < 1.29 is 4.79 Å². The number of nitrogens with zero attached hydrogens (tertiary/aromatic N) is 4. The van der Waals surface area contributed by atoms with Crippen LogP contribution in [0.25, 0.3) is 10.2 Å². The van der Waals surface area contributed by atoms with Crippen LogP contribution in [0.4, 0.5) is 5.82 Å². The van der Waals surface area contributed by atoms with E-state index in [9.17, 15) is 4.79 Å². The third-order valence-electron chi connectivity index (χ3n) is 6.04. The monoisotopic (exact) mass is 440 g/mol. The summed E-state index contributed by atoms with van der Waals surface area (Å²) in [6.07, 6.45) is 5.47. The number of carbonyl (C=O) groups excluding carboxylic acids is 1. The lowest BCUT2D eigenvalue weighted by atomic mass is 9.95. The van der Waals surface area contributed by atoms with Crippen molar-refractivity contribution in [2.75, 3.05) is 31.3 Å². The molecule has 158 valence electrons. The summed E-state index contributed by atoms with van der Waals surface area (Å²) >= 11 is 3.46. The van der Waals surface area contributed by atoms with E-state index in [-0.39, 0.29) is 11.8 Å². The van der Waals surface area contributed by atoms with Gasteiger partial charge in [0.25, 0.3) is 0 Å². The number of aromatic nitrogens is 2. The standard InChI is InChI=1S/C23H28N4OS2/c1-15-16(2)30-22-20(15)21(24-14-25-22)27-11-9-18(10-12-27)23(28)26(3)13-17-5-7-19(29-4)8-6-17/h5-8,14,18H,9-13H2,1-4H3. The van der Waals surface area contributed by atoms with E-state index in [1.54, 1.807) is 29.4 Å². The Labute approximate surface area is 186 Å². The van der Waals surface area contributed by atoms with Crippen molar-refractivity contribution in [3.8, 4) is 0 Å². The average molecular weight is 441 g/mol. The Morgan fingerprint density at radius 1 is 1.20 bits per heavy atom. The summed E-state index contributed by atoms with van der Waals surface area (Å²) in [6, 6.07) is 8.47. The molecule has 1 amide bonds. The molecule has 0 N–H and O–H groups in total. The van der Waals surface area contributed by atoms with E-state index in [0.29, 0.717) is 6.54 Å². The van der Waals surface area contributed by atoms with Gasteiger partial charge in [0.05, 0.1) is 5.39 Å². The van der Waals surface area contributed by atoms with Gasteiger partial charge in [0.1, 0.15) is 17.0 Å². The minimum Gasteiger partial charge on any atom is -0.356 e. The molecule has 0 aliphatic carbocycles. The molecule has 1 saturated heterocycles.